The summed E-state index contributed by atoms with van der Waals surface area (Å²) in [6.07, 6.45) is 8.34. The molecule has 3 aliphatic rings. The lowest BCUT2D eigenvalue weighted by Crippen LogP contribution is -2.24. The summed E-state index contributed by atoms with van der Waals surface area (Å²) in [7, 11) is 0. The molecule has 0 radical (unpaired) electrons. The van der Waals surface area contributed by atoms with Gasteiger partial charge in [0, 0.05) is 11.0 Å². The van der Waals surface area contributed by atoms with Gasteiger partial charge in [-0.25, -0.2) is 4.79 Å². The van der Waals surface area contributed by atoms with Gasteiger partial charge in [-0.3, -0.25) is 0 Å². The van der Waals surface area contributed by atoms with Crippen molar-refractivity contribution in [1.82, 2.24) is 0 Å². The number of fused-ring (bicyclic) bond motifs is 2. The normalized spacial score (nSPS) is 30.2. The molecule has 3 heteroatoms. The zero-order valence-electron chi connectivity index (χ0n) is 10.6. The number of allylic oxidation sites excluding steroid dienone is 5. The van der Waals surface area contributed by atoms with Crippen molar-refractivity contribution in [3.8, 4) is 0 Å². The number of ether oxygens (including phenoxy) is 1. The number of aliphatic hydroxyl groups is 1. The first-order chi connectivity index (χ1) is 8.55. The Morgan fingerprint density at radius 1 is 1.50 bits per heavy atom. The highest BCUT2D eigenvalue weighted by Gasteiger charge is 2.39. The average molecular weight is 244 g/mol. The van der Waals surface area contributed by atoms with Crippen LogP contribution in [0, 0.1) is 5.41 Å². The van der Waals surface area contributed by atoms with Gasteiger partial charge in [-0.05, 0) is 37.5 Å². The Hall–Kier alpha value is -1.61. The predicted octanol–water partition coefficient (Wildman–Crippen LogP) is 2.40. The van der Waals surface area contributed by atoms with Crippen molar-refractivity contribution >= 4 is 5.97 Å². The molecule has 1 atom stereocenters. The zero-order chi connectivity index (χ0) is 12.9. The second-order valence-electron chi connectivity index (χ2n) is 5.35. The molecule has 0 saturated heterocycles. The summed E-state index contributed by atoms with van der Waals surface area (Å²) < 4.78 is 5.24. The summed E-state index contributed by atoms with van der Waals surface area (Å²) in [6, 6.07) is 0. The van der Waals surface area contributed by atoms with Crippen LogP contribution in [-0.2, 0) is 9.53 Å². The van der Waals surface area contributed by atoms with E-state index in [1.807, 2.05) is 12.2 Å². The number of rotatable bonds is 1. The minimum absolute atomic E-state index is 0.0527. The molecule has 0 aromatic carbocycles. The largest absolute Gasteiger partial charge is 0.423 e. The topological polar surface area (TPSA) is 46.5 Å². The minimum Gasteiger partial charge on any atom is -0.423 e. The van der Waals surface area contributed by atoms with Crippen molar-refractivity contribution in [1.29, 1.82) is 0 Å². The van der Waals surface area contributed by atoms with Crippen LogP contribution in [0.15, 0.2) is 46.3 Å². The second-order valence-corrected chi connectivity index (χ2v) is 5.35. The Bertz CT molecular complexity index is 560. The van der Waals surface area contributed by atoms with Crippen molar-refractivity contribution in [3.63, 3.8) is 0 Å². The molecule has 0 aromatic rings. The van der Waals surface area contributed by atoms with Crippen LogP contribution < -0.4 is 0 Å². The summed E-state index contributed by atoms with van der Waals surface area (Å²) in [5, 5.41) is 9.27. The quantitative estimate of drug-likeness (QED) is 0.720. The molecular formula is C15H16O3. The minimum atomic E-state index is -0.417. The van der Waals surface area contributed by atoms with Crippen LogP contribution >= 0.6 is 0 Å². The van der Waals surface area contributed by atoms with E-state index in [0.717, 1.165) is 18.4 Å². The van der Waals surface area contributed by atoms with Gasteiger partial charge in [0.25, 0.3) is 0 Å². The van der Waals surface area contributed by atoms with Gasteiger partial charge < -0.3 is 9.84 Å². The fraction of sp³-hybridized carbons (Fsp3) is 0.400. The van der Waals surface area contributed by atoms with Crippen LogP contribution in [0.5, 0.6) is 0 Å². The summed E-state index contributed by atoms with van der Waals surface area (Å²) >= 11 is 0. The van der Waals surface area contributed by atoms with Gasteiger partial charge in [-0.1, -0.05) is 18.6 Å². The van der Waals surface area contributed by atoms with Crippen LogP contribution in [0.3, 0.4) is 0 Å². The molecule has 0 saturated carbocycles. The highest BCUT2D eigenvalue weighted by molar-refractivity contribution is 5.96. The molecule has 1 N–H and O–H groups in total. The van der Waals surface area contributed by atoms with Gasteiger partial charge >= 0.3 is 5.97 Å². The van der Waals surface area contributed by atoms with Gasteiger partial charge in [-0.15, -0.1) is 0 Å². The van der Waals surface area contributed by atoms with Crippen molar-refractivity contribution in [2.24, 2.45) is 5.41 Å². The lowest BCUT2D eigenvalue weighted by atomic mass is 9.68. The summed E-state index contributed by atoms with van der Waals surface area (Å²) in [4.78, 5) is 11.6. The molecule has 1 aliphatic heterocycles. The van der Waals surface area contributed by atoms with Crippen LogP contribution in [-0.4, -0.2) is 17.7 Å². The lowest BCUT2D eigenvalue weighted by Gasteiger charge is -2.36. The predicted molar refractivity (Wildman–Crippen MR) is 67.5 cm³/mol. The molecule has 94 valence electrons. The maximum atomic E-state index is 11.6. The summed E-state index contributed by atoms with van der Waals surface area (Å²) in [6.45, 7) is 4.00. The van der Waals surface area contributed by atoms with Crippen molar-refractivity contribution in [3.05, 3.63) is 46.3 Å². The first-order valence-electron chi connectivity index (χ1n) is 6.24. The summed E-state index contributed by atoms with van der Waals surface area (Å²) in [5.74, 6) is 0.199. The maximum absolute atomic E-state index is 11.6. The van der Waals surface area contributed by atoms with Gasteiger partial charge in [0.15, 0.2) is 0 Å². The molecule has 0 bridgehead atoms. The number of carbonyl (C=O) groups is 1. The summed E-state index contributed by atoms with van der Waals surface area (Å²) in [5.41, 5.74) is 3.56. The van der Waals surface area contributed by atoms with Gasteiger partial charge in [0.1, 0.15) is 5.76 Å². The monoisotopic (exact) mass is 244 g/mol. The van der Waals surface area contributed by atoms with Gasteiger partial charge in [0.05, 0.1) is 12.2 Å². The standard InChI is InChI=1S/C15H16O3/c1-9-4-3-5-15(2)7-13-10(6-12(9)15)11(8-16)14(17)18-13/h4,6-7,16H,3,5,8H2,1-2H3. The van der Waals surface area contributed by atoms with Gasteiger partial charge in [0.2, 0.25) is 0 Å². The number of hydrogen-bond donors (Lipinski definition) is 1. The van der Waals surface area contributed by atoms with Crippen LogP contribution in [0.2, 0.25) is 0 Å². The molecule has 3 nitrogen and oxygen atoms in total. The van der Waals surface area contributed by atoms with E-state index in [1.54, 1.807) is 0 Å². The third kappa shape index (κ3) is 1.44. The molecule has 0 aromatic heterocycles. The van der Waals surface area contributed by atoms with Gasteiger partial charge in [-0.2, -0.15) is 0 Å². The SMILES string of the molecule is CC1=CCCC2(C)C=C3OC(=O)C(CO)=C3C=C12. The van der Waals surface area contributed by atoms with E-state index in [-0.39, 0.29) is 12.0 Å². The Labute approximate surface area is 106 Å². The van der Waals surface area contributed by atoms with E-state index in [9.17, 15) is 9.90 Å². The van der Waals surface area contributed by atoms with E-state index in [2.05, 4.69) is 19.9 Å². The highest BCUT2D eigenvalue weighted by atomic mass is 16.5. The molecule has 2 aliphatic carbocycles. The molecule has 3 rings (SSSR count). The second kappa shape index (κ2) is 3.69. The van der Waals surface area contributed by atoms with E-state index < -0.39 is 5.97 Å². The van der Waals surface area contributed by atoms with Crippen molar-refractivity contribution < 1.29 is 14.6 Å². The molecule has 0 amide bonds. The van der Waals surface area contributed by atoms with Crippen molar-refractivity contribution in [2.45, 2.75) is 26.7 Å². The maximum Gasteiger partial charge on any atom is 0.342 e. The smallest absolute Gasteiger partial charge is 0.342 e. The molecule has 0 spiro atoms. The molecule has 1 heterocycles. The average Bonchev–Trinajstić information content (AvgIpc) is 2.60. The van der Waals surface area contributed by atoms with Crippen LogP contribution in [0.25, 0.3) is 0 Å². The zero-order valence-corrected chi connectivity index (χ0v) is 10.6. The Morgan fingerprint density at radius 2 is 2.28 bits per heavy atom. The third-order valence-electron chi connectivity index (χ3n) is 4.09. The first kappa shape index (κ1) is 11.5. The Balaban J connectivity index is 2.19. The molecule has 0 fully saturated rings. The van der Waals surface area contributed by atoms with Crippen molar-refractivity contribution in [2.75, 3.05) is 6.61 Å². The highest BCUT2D eigenvalue weighted by Crippen LogP contribution is 2.48. The van der Waals surface area contributed by atoms with E-state index in [1.165, 1.54) is 11.1 Å². The molecule has 1 unspecified atom stereocenters. The fourth-order valence-electron chi connectivity index (χ4n) is 3.04. The molecule has 18 heavy (non-hydrogen) atoms. The van der Waals surface area contributed by atoms with E-state index in [0.29, 0.717) is 11.3 Å². The Kier molecular flexibility index (Phi) is 2.35. The third-order valence-corrected chi connectivity index (χ3v) is 4.09. The van der Waals surface area contributed by atoms with E-state index >= 15 is 0 Å². The number of esters is 1. The molecular weight excluding hydrogens is 228 g/mol. The number of carbonyl (C=O) groups excluding carboxylic acids is 1. The number of hydrogen-bond acceptors (Lipinski definition) is 3. The Morgan fingerprint density at radius 3 is 3.00 bits per heavy atom. The lowest BCUT2D eigenvalue weighted by molar-refractivity contribution is -0.133. The fourth-order valence-corrected chi connectivity index (χ4v) is 3.04. The van der Waals surface area contributed by atoms with E-state index in [4.69, 9.17) is 4.74 Å². The number of aliphatic hydroxyl groups excluding tert-OH is 1. The van der Waals surface area contributed by atoms with Crippen LogP contribution in [0.4, 0.5) is 0 Å². The first-order valence-corrected chi connectivity index (χ1v) is 6.24. The van der Waals surface area contributed by atoms with Crippen LogP contribution in [0.1, 0.15) is 26.7 Å².